The molecule has 0 bridgehead atoms. The zero-order valence-electron chi connectivity index (χ0n) is 57.1. The largest absolute Gasteiger partial charge is 0.494 e. The second-order valence-electron chi connectivity index (χ2n) is 26.2. The maximum Gasteiger partial charge on any atom is 0.494 e. The zero-order valence-corrected chi connectivity index (χ0v) is 60.3. The van der Waals surface area contributed by atoms with Crippen molar-refractivity contribution in [1.82, 2.24) is 34.9 Å². The van der Waals surface area contributed by atoms with Gasteiger partial charge in [0.25, 0.3) is 0 Å². The van der Waals surface area contributed by atoms with E-state index in [9.17, 15) is 0 Å². The molecule has 1 aliphatic heterocycles. The molecular weight excluding hydrogens is 1390 g/mol. The van der Waals surface area contributed by atoms with E-state index in [0.29, 0.717) is 29.1 Å². The zero-order chi connectivity index (χ0) is 70.3. The number of nitrogens with zero attached hydrogens (tertiary/aromatic N) is 7. The van der Waals surface area contributed by atoms with Gasteiger partial charge in [0.2, 0.25) is 0 Å². The fourth-order valence-corrected chi connectivity index (χ4v) is 13.1. The summed E-state index contributed by atoms with van der Waals surface area (Å²) in [6.45, 7) is 8.23. The Balaban J connectivity index is 0.000000158. The van der Waals surface area contributed by atoms with E-state index in [4.69, 9.17) is 44.2 Å². The molecule has 4 heterocycles. The summed E-state index contributed by atoms with van der Waals surface area (Å²) >= 11 is 6.88. The first kappa shape index (κ1) is 67.3. The van der Waals surface area contributed by atoms with Crippen LogP contribution in [0.3, 0.4) is 0 Å². The van der Waals surface area contributed by atoms with Gasteiger partial charge in [0.05, 0.1) is 34.0 Å². The van der Waals surface area contributed by atoms with Crippen LogP contribution in [0.2, 0.25) is 0 Å². The lowest BCUT2D eigenvalue weighted by atomic mass is 9.79. The first-order valence-electron chi connectivity index (χ1n) is 34.2. The number of hydrogen-bond acceptors (Lipinski definition) is 9. The molecule has 0 spiro atoms. The van der Waals surface area contributed by atoms with E-state index >= 15 is 0 Å². The van der Waals surface area contributed by atoms with Crippen LogP contribution in [-0.2, 0) is 9.31 Å². The molecule has 16 aromatic rings. The van der Waals surface area contributed by atoms with Crippen LogP contribution in [0.25, 0.3) is 146 Å². The second kappa shape index (κ2) is 30.0. The molecule has 103 heavy (non-hydrogen) atoms. The van der Waals surface area contributed by atoms with Crippen LogP contribution < -0.4 is 5.46 Å². The third kappa shape index (κ3) is 15.5. The van der Waals surface area contributed by atoms with Gasteiger partial charge < -0.3 is 9.31 Å². The highest BCUT2D eigenvalue weighted by atomic mass is 79.9. The molecule has 13 aromatic carbocycles. The average Bonchev–Trinajstić information content (AvgIpc) is 1.77. The molecule has 0 saturated carbocycles. The summed E-state index contributed by atoms with van der Waals surface area (Å²) in [6, 6.07) is 116. The molecule has 0 unspecified atom stereocenters. The van der Waals surface area contributed by atoms with E-state index in [1.54, 1.807) is 0 Å². The third-order valence-electron chi connectivity index (χ3n) is 18.7. The minimum Gasteiger partial charge on any atom is -0.399 e. The molecular formula is C91H68BBr2N7O2. The molecule has 9 nitrogen and oxygen atoms in total. The van der Waals surface area contributed by atoms with E-state index in [1.807, 2.05) is 158 Å². The first-order chi connectivity index (χ1) is 50.3. The topological polar surface area (TPSA) is 109 Å². The van der Waals surface area contributed by atoms with Crippen molar-refractivity contribution in [2.75, 3.05) is 0 Å². The van der Waals surface area contributed by atoms with Gasteiger partial charge in [-0.1, -0.05) is 323 Å². The number of rotatable bonds is 12. The van der Waals surface area contributed by atoms with Crippen molar-refractivity contribution in [2.45, 2.75) is 38.9 Å². The van der Waals surface area contributed by atoms with Crippen LogP contribution in [0.1, 0.15) is 27.7 Å². The van der Waals surface area contributed by atoms with E-state index < -0.39 is 7.12 Å². The highest BCUT2D eigenvalue weighted by molar-refractivity contribution is 9.10. The summed E-state index contributed by atoms with van der Waals surface area (Å²) in [5, 5.41) is 4.90. The van der Waals surface area contributed by atoms with Crippen molar-refractivity contribution < 1.29 is 9.31 Å². The van der Waals surface area contributed by atoms with E-state index in [0.717, 1.165) is 110 Å². The van der Waals surface area contributed by atoms with Crippen LogP contribution in [0.5, 0.6) is 0 Å². The Morgan fingerprint density at radius 1 is 0.223 bits per heavy atom. The van der Waals surface area contributed by atoms with Crippen molar-refractivity contribution in [2.24, 2.45) is 0 Å². The van der Waals surface area contributed by atoms with Gasteiger partial charge in [-0.25, -0.2) is 34.9 Å². The van der Waals surface area contributed by atoms with Gasteiger partial charge in [0.15, 0.2) is 29.1 Å². The lowest BCUT2D eigenvalue weighted by molar-refractivity contribution is 0.00578. The molecule has 12 heteroatoms. The number of fused-ring (bicyclic) bond motifs is 2. The number of aromatic nitrogens is 7. The summed E-state index contributed by atoms with van der Waals surface area (Å²) in [4.78, 5) is 34.3. The summed E-state index contributed by atoms with van der Waals surface area (Å²) in [6.07, 6.45) is 0. The molecule has 0 N–H and O–H groups in total. The van der Waals surface area contributed by atoms with E-state index in [-0.39, 0.29) is 11.2 Å². The SMILES string of the molecule is Brc1ccc2ccc(Br)cc2c1.CC1(C)OB(c2ccc(-c3nc(-c4ccccc4)nc(-c4ccccc4)n3)cc2)OC1(C)C.c1ccc(-c2cc(-c3ccc(-c4ccc5ccc(-c6ccc(-c7cc(-c8ccccc8)nc(-c8ccccc8)n7)cc6)cc5c4)cc3)nc(-c3ccccc3)n2)cc1. The normalized spacial score (nSPS) is 12.8. The molecule has 1 aliphatic rings. The van der Waals surface area contributed by atoms with E-state index in [2.05, 4.69) is 242 Å². The Morgan fingerprint density at radius 3 is 0.796 bits per heavy atom. The summed E-state index contributed by atoms with van der Waals surface area (Å²) in [5.74, 6) is 3.35. The molecule has 3 aromatic heterocycles. The van der Waals surface area contributed by atoms with Crippen LogP contribution in [0.4, 0.5) is 0 Å². The number of halogens is 2. The second-order valence-corrected chi connectivity index (χ2v) is 28.0. The quantitative estimate of drug-likeness (QED) is 0.110. The monoisotopic (exact) mass is 1460 g/mol. The van der Waals surface area contributed by atoms with Crippen molar-refractivity contribution >= 4 is 66.0 Å². The van der Waals surface area contributed by atoms with Gasteiger partial charge in [-0.2, -0.15) is 0 Å². The lowest BCUT2D eigenvalue weighted by Gasteiger charge is -2.32. The summed E-state index contributed by atoms with van der Waals surface area (Å²) in [5.41, 5.74) is 17.4. The summed E-state index contributed by atoms with van der Waals surface area (Å²) in [7, 11) is -0.401. The lowest BCUT2D eigenvalue weighted by Crippen LogP contribution is -2.41. The van der Waals surface area contributed by atoms with Crippen molar-refractivity contribution in [3.63, 3.8) is 0 Å². The van der Waals surface area contributed by atoms with Gasteiger partial charge in [-0.15, -0.1) is 0 Å². The Bertz CT molecular complexity index is 5200. The molecule has 0 atom stereocenters. The van der Waals surface area contributed by atoms with Gasteiger partial charge in [-0.3, -0.25) is 0 Å². The minimum absolute atomic E-state index is 0.375. The van der Waals surface area contributed by atoms with Crippen LogP contribution in [-0.4, -0.2) is 53.2 Å². The van der Waals surface area contributed by atoms with Gasteiger partial charge in [0, 0.05) is 59.0 Å². The highest BCUT2D eigenvalue weighted by Gasteiger charge is 2.51. The highest BCUT2D eigenvalue weighted by Crippen LogP contribution is 2.38. The molecule has 0 aliphatic carbocycles. The summed E-state index contributed by atoms with van der Waals surface area (Å²) < 4.78 is 14.6. The molecule has 496 valence electrons. The maximum atomic E-state index is 6.19. The molecule has 1 fully saturated rings. The number of hydrogen-bond donors (Lipinski definition) is 0. The van der Waals surface area contributed by atoms with E-state index in [1.165, 1.54) is 21.5 Å². The van der Waals surface area contributed by atoms with Crippen molar-refractivity contribution in [1.29, 1.82) is 0 Å². The molecule has 0 amide bonds. The third-order valence-corrected chi connectivity index (χ3v) is 19.7. The fourth-order valence-electron chi connectivity index (χ4n) is 12.3. The Labute approximate surface area is 617 Å². The first-order valence-corrected chi connectivity index (χ1v) is 35.8. The Morgan fingerprint density at radius 2 is 0.466 bits per heavy atom. The standard InChI is InChI=1S/C54H36N4.C27H26BN3O2.C10H6Br2/c1-5-13-40(14-6-1)49-35-51(57-53(55-49)44-17-9-3-10-18-44)42-27-21-37(22-28-42)46-31-25-39-26-32-47(34-48(39)33-46)38-23-29-43(30-24-38)52-36-50(41-15-7-2-8-16-41)56-54(58-52)45-19-11-4-12-20-45;1-26(2)27(3,4)33-28(32-26)22-17-15-21(16-18-22)25-30-23(19-11-7-5-8-12-19)29-24(31-25)20-13-9-6-10-14-20;11-9-3-1-7-2-4-10(12)6-8(7)5-9/h1-36H;5-18H,1-4H3;1-6H. The molecule has 0 radical (unpaired) electrons. The van der Waals surface area contributed by atoms with Crippen molar-refractivity contribution in [3.05, 3.63) is 349 Å². The Kier molecular flexibility index (Phi) is 19.6. The fraction of sp³-hybridized carbons (Fsp3) is 0.0659. The smallest absolute Gasteiger partial charge is 0.399 e. The predicted molar refractivity (Wildman–Crippen MR) is 430 cm³/mol. The maximum absolute atomic E-state index is 6.19. The van der Waals surface area contributed by atoms with Crippen LogP contribution in [0, 0.1) is 0 Å². The average molecular weight is 1460 g/mol. The van der Waals surface area contributed by atoms with Gasteiger partial charge in [0.1, 0.15) is 0 Å². The van der Waals surface area contributed by atoms with Crippen LogP contribution in [0.15, 0.2) is 349 Å². The predicted octanol–water partition coefficient (Wildman–Crippen LogP) is 23.3. The Hall–Kier alpha value is -11.5. The van der Waals surface area contributed by atoms with Crippen LogP contribution >= 0.6 is 31.9 Å². The van der Waals surface area contributed by atoms with Crippen molar-refractivity contribution in [3.8, 4) is 124 Å². The van der Waals surface area contributed by atoms with Gasteiger partial charge >= 0.3 is 7.12 Å². The van der Waals surface area contributed by atoms with Gasteiger partial charge in [-0.05, 0) is 125 Å². The minimum atomic E-state index is -0.401. The number of benzene rings is 13. The molecule has 1 saturated heterocycles. The molecule has 17 rings (SSSR count).